The highest BCUT2D eigenvalue weighted by molar-refractivity contribution is 6.33. The second kappa shape index (κ2) is 10.3. The van der Waals surface area contributed by atoms with Gasteiger partial charge in [0, 0.05) is 19.2 Å². The van der Waals surface area contributed by atoms with Crippen molar-refractivity contribution in [1.29, 1.82) is 0 Å². The summed E-state index contributed by atoms with van der Waals surface area (Å²) in [6.07, 6.45) is -3.60. The zero-order valence-electron chi connectivity index (χ0n) is 13.9. The van der Waals surface area contributed by atoms with Gasteiger partial charge in [-0.15, -0.1) is 24.8 Å². The topological polar surface area (TPSA) is 67.6 Å². The van der Waals surface area contributed by atoms with Crippen LogP contribution in [0.5, 0.6) is 5.75 Å². The third-order valence-electron chi connectivity index (χ3n) is 3.89. The van der Waals surface area contributed by atoms with Crippen molar-refractivity contribution in [1.82, 2.24) is 10.2 Å². The number of anilines is 1. The Bertz CT molecular complexity index is 618. The molecule has 0 aliphatic carbocycles. The molecule has 0 spiro atoms. The predicted octanol–water partition coefficient (Wildman–Crippen LogP) is 3.39. The highest BCUT2D eigenvalue weighted by Crippen LogP contribution is 2.29. The van der Waals surface area contributed by atoms with Gasteiger partial charge in [-0.3, -0.25) is 9.69 Å². The number of halogens is 6. The van der Waals surface area contributed by atoms with E-state index < -0.39 is 18.6 Å². The number of benzene rings is 1. The molecule has 3 N–H and O–H groups in total. The van der Waals surface area contributed by atoms with Crippen molar-refractivity contribution in [2.75, 3.05) is 39.0 Å². The number of nitrogens with two attached hydrogens (primary N) is 1. The number of rotatable bonds is 5. The van der Waals surface area contributed by atoms with E-state index in [1.165, 1.54) is 24.1 Å². The van der Waals surface area contributed by atoms with Gasteiger partial charge in [-0.2, -0.15) is 13.2 Å². The first-order valence-corrected chi connectivity index (χ1v) is 7.77. The van der Waals surface area contributed by atoms with Crippen LogP contribution in [0.3, 0.4) is 0 Å². The summed E-state index contributed by atoms with van der Waals surface area (Å²) >= 11 is 5.92. The van der Waals surface area contributed by atoms with Crippen LogP contribution in [-0.4, -0.2) is 50.3 Å². The van der Waals surface area contributed by atoms with Gasteiger partial charge in [0.1, 0.15) is 5.75 Å². The summed E-state index contributed by atoms with van der Waals surface area (Å²) in [6.45, 7) is 0.0493. The summed E-state index contributed by atoms with van der Waals surface area (Å²) in [5, 5.41) is 2.95. The molecule has 1 amide bonds. The number of ether oxygens (including phenoxy) is 1. The molecule has 1 saturated heterocycles. The maximum Gasteiger partial charge on any atom is 0.401 e. The average Bonchev–Trinajstić information content (AvgIpc) is 2.92. The largest absolute Gasteiger partial charge is 0.496 e. The number of carbonyl (C=O) groups excluding carboxylic acids is 1. The van der Waals surface area contributed by atoms with E-state index in [0.29, 0.717) is 37.5 Å². The molecule has 1 aromatic rings. The van der Waals surface area contributed by atoms with Crippen LogP contribution in [0.25, 0.3) is 0 Å². The Morgan fingerprint density at radius 3 is 2.65 bits per heavy atom. The third kappa shape index (κ3) is 6.90. The van der Waals surface area contributed by atoms with Crippen molar-refractivity contribution in [3.63, 3.8) is 0 Å². The Labute approximate surface area is 167 Å². The molecule has 0 saturated carbocycles. The Morgan fingerprint density at radius 1 is 1.42 bits per heavy atom. The van der Waals surface area contributed by atoms with Crippen molar-refractivity contribution < 1.29 is 22.7 Å². The minimum atomic E-state index is -4.20. The third-order valence-corrected chi connectivity index (χ3v) is 4.21. The molecule has 1 aliphatic heterocycles. The summed E-state index contributed by atoms with van der Waals surface area (Å²) in [5.41, 5.74) is 6.20. The fourth-order valence-electron chi connectivity index (χ4n) is 2.72. The number of hydrogen-bond acceptors (Lipinski definition) is 4. The number of methoxy groups -OCH3 is 1. The summed E-state index contributed by atoms with van der Waals surface area (Å²) in [5.74, 6) is -0.130. The lowest BCUT2D eigenvalue weighted by Crippen LogP contribution is -2.34. The van der Waals surface area contributed by atoms with Crippen LogP contribution >= 0.6 is 36.4 Å². The molecule has 1 atom stereocenters. The Hall–Kier alpha value is -1.09. The van der Waals surface area contributed by atoms with Crippen LogP contribution in [0.15, 0.2) is 12.1 Å². The van der Waals surface area contributed by atoms with E-state index >= 15 is 0 Å². The van der Waals surface area contributed by atoms with Gasteiger partial charge in [0.05, 0.1) is 29.9 Å². The zero-order valence-corrected chi connectivity index (χ0v) is 16.3. The van der Waals surface area contributed by atoms with E-state index in [0.717, 1.165) is 0 Å². The van der Waals surface area contributed by atoms with Crippen molar-refractivity contribution in [3.8, 4) is 5.75 Å². The number of carbonyl (C=O) groups is 1. The predicted molar refractivity (Wildman–Crippen MR) is 99.8 cm³/mol. The van der Waals surface area contributed by atoms with Gasteiger partial charge >= 0.3 is 6.18 Å². The summed E-state index contributed by atoms with van der Waals surface area (Å²) < 4.78 is 42.2. The Morgan fingerprint density at radius 2 is 2.08 bits per heavy atom. The maximum absolute atomic E-state index is 12.4. The van der Waals surface area contributed by atoms with E-state index in [9.17, 15) is 18.0 Å². The molecule has 26 heavy (non-hydrogen) atoms. The number of hydrogen-bond donors (Lipinski definition) is 2. The zero-order chi connectivity index (χ0) is 17.9. The standard InChI is InChI=1S/C15H19ClF3N3O2.2ClH/c1-24-13-5-12(20)11(16)4-10(13)14(23)21-6-9-2-3-22(7-9)8-15(17,18)19;;/h4-5,9H,2-3,6-8,20H2,1H3,(H,21,23);2*1H. The lowest BCUT2D eigenvalue weighted by molar-refractivity contribution is -0.143. The van der Waals surface area contributed by atoms with Gasteiger partial charge in [-0.1, -0.05) is 11.6 Å². The Kier molecular flexibility index (Phi) is 9.87. The van der Waals surface area contributed by atoms with Crippen LogP contribution in [0.4, 0.5) is 18.9 Å². The first-order chi connectivity index (χ1) is 11.2. The van der Waals surface area contributed by atoms with E-state index in [4.69, 9.17) is 22.1 Å². The lowest BCUT2D eigenvalue weighted by atomic mass is 10.1. The highest BCUT2D eigenvalue weighted by Gasteiger charge is 2.34. The van der Waals surface area contributed by atoms with E-state index in [1.807, 2.05) is 0 Å². The smallest absolute Gasteiger partial charge is 0.401 e. The number of nitrogens with zero attached hydrogens (tertiary/aromatic N) is 1. The summed E-state index contributed by atoms with van der Waals surface area (Å²) in [7, 11) is 1.41. The fraction of sp³-hybridized carbons (Fsp3) is 0.533. The molecule has 1 unspecified atom stereocenters. The van der Waals surface area contributed by atoms with Crippen molar-refractivity contribution in [2.24, 2.45) is 5.92 Å². The first kappa shape index (κ1) is 24.9. The van der Waals surface area contributed by atoms with Crippen LogP contribution in [0, 0.1) is 5.92 Å². The number of nitrogens with one attached hydrogen (secondary N) is 1. The number of nitrogen functional groups attached to an aromatic ring is 1. The van der Waals surface area contributed by atoms with E-state index in [-0.39, 0.29) is 41.3 Å². The molecule has 1 heterocycles. The minimum Gasteiger partial charge on any atom is -0.496 e. The van der Waals surface area contributed by atoms with E-state index in [1.54, 1.807) is 0 Å². The monoisotopic (exact) mass is 437 g/mol. The molecule has 1 aromatic carbocycles. The van der Waals surface area contributed by atoms with Crippen LogP contribution < -0.4 is 15.8 Å². The Balaban J connectivity index is 0.00000312. The molecule has 5 nitrogen and oxygen atoms in total. The molecule has 1 fully saturated rings. The second-order valence-electron chi connectivity index (χ2n) is 5.79. The number of likely N-dealkylation sites (tertiary alicyclic amines) is 1. The average molecular weight is 439 g/mol. The summed E-state index contributed by atoms with van der Waals surface area (Å²) in [4.78, 5) is 13.6. The summed E-state index contributed by atoms with van der Waals surface area (Å²) in [6, 6.07) is 2.87. The molecule has 0 radical (unpaired) electrons. The molecule has 0 bridgehead atoms. The number of alkyl halides is 3. The van der Waals surface area contributed by atoms with Gasteiger partial charge < -0.3 is 15.8 Å². The van der Waals surface area contributed by atoms with E-state index in [2.05, 4.69) is 5.32 Å². The normalized spacial score (nSPS) is 17.2. The van der Waals surface area contributed by atoms with Gasteiger partial charge in [0.25, 0.3) is 5.91 Å². The maximum atomic E-state index is 12.4. The highest BCUT2D eigenvalue weighted by atomic mass is 35.5. The molecule has 150 valence electrons. The van der Waals surface area contributed by atoms with Crippen LogP contribution in [0.2, 0.25) is 5.02 Å². The lowest BCUT2D eigenvalue weighted by Gasteiger charge is -2.18. The van der Waals surface area contributed by atoms with Gasteiger partial charge in [0.2, 0.25) is 0 Å². The molecular formula is C15H21Cl3F3N3O2. The van der Waals surface area contributed by atoms with Gasteiger partial charge in [-0.25, -0.2) is 0 Å². The second-order valence-corrected chi connectivity index (χ2v) is 6.20. The molecular weight excluding hydrogens is 418 g/mol. The van der Waals surface area contributed by atoms with Crippen molar-refractivity contribution in [2.45, 2.75) is 12.6 Å². The van der Waals surface area contributed by atoms with Crippen LogP contribution in [0.1, 0.15) is 16.8 Å². The molecule has 11 heteroatoms. The van der Waals surface area contributed by atoms with Gasteiger partial charge in [0.15, 0.2) is 0 Å². The fourth-order valence-corrected chi connectivity index (χ4v) is 2.89. The quantitative estimate of drug-likeness (QED) is 0.692. The number of amides is 1. The van der Waals surface area contributed by atoms with Gasteiger partial charge in [-0.05, 0) is 24.9 Å². The molecule has 0 aromatic heterocycles. The van der Waals surface area contributed by atoms with Crippen molar-refractivity contribution in [3.05, 3.63) is 22.7 Å². The first-order valence-electron chi connectivity index (χ1n) is 7.40. The SMILES string of the molecule is COc1cc(N)c(Cl)cc1C(=O)NCC1CCN(CC(F)(F)F)C1.Cl.Cl. The van der Waals surface area contributed by atoms with Crippen molar-refractivity contribution >= 4 is 48.0 Å². The molecule has 1 aliphatic rings. The van der Waals surface area contributed by atoms with Crippen LogP contribution in [-0.2, 0) is 0 Å². The molecule has 2 rings (SSSR count). The minimum absolute atomic E-state index is 0.